The molecule has 0 aliphatic carbocycles. The van der Waals surface area contributed by atoms with Crippen LogP contribution in [0.15, 0.2) is 18.2 Å². The summed E-state index contributed by atoms with van der Waals surface area (Å²) >= 11 is 6.29. The molecule has 0 spiro atoms. The minimum atomic E-state index is 0.423. The summed E-state index contributed by atoms with van der Waals surface area (Å²) in [7, 11) is 2.02. The lowest BCUT2D eigenvalue weighted by Gasteiger charge is -2.20. The molecule has 1 saturated heterocycles. The Balaban J connectivity index is 1.96. The molecule has 0 bridgehead atoms. The number of aryl methyl sites for hydroxylation is 1. The van der Waals surface area contributed by atoms with Crippen LogP contribution in [0.5, 0.6) is 0 Å². The van der Waals surface area contributed by atoms with Crippen molar-refractivity contribution in [3.8, 4) is 0 Å². The molecule has 1 N–H and O–H groups in total. The lowest BCUT2D eigenvalue weighted by molar-refractivity contribution is 0.0954. The van der Waals surface area contributed by atoms with E-state index in [1.807, 2.05) is 13.1 Å². The smallest absolute Gasteiger partial charge is 0.0590 e. The van der Waals surface area contributed by atoms with Crippen LogP contribution in [-0.4, -0.2) is 25.8 Å². The second-order valence-corrected chi connectivity index (χ2v) is 5.56. The van der Waals surface area contributed by atoms with Crippen LogP contribution < -0.4 is 5.32 Å². The van der Waals surface area contributed by atoms with Gasteiger partial charge >= 0.3 is 0 Å². The molecule has 0 radical (unpaired) electrons. The third-order valence-corrected chi connectivity index (χ3v) is 4.01. The van der Waals surface area contributed by atoms with Crippen LogP contribution in [0.4, 0.5) is 0 Å². The first kappa shape index (κ1) is 13.9. The van der Waals surface area contributed by atoms with Gasteiger partial charge in [-0.1, -0.05) is 23.7 Å². The Hall–Kier alpha value is -0.570. The summed E-state index contributed by atoms with van der Waals surface area (Å²) in [5.41, 5.74) is 2.43. The Labute approximate surface area is 115 Å². The molecule has 0 aromatic heterocycles. The van der Waals surface area contributed by atoms with Gasteiger partial charge in [0.25, 0.3) is 0 Å². The van der Waals surface area contributed by atoms with E-state index in [9.17, 15) is 0 Å². The average molecular weight is 268 g/mol. The second kappa shape index (κ2) is 6.55. The Morgan fingerprint density at radius 1 is 1.50 bits per heavy atom. The van der Waals surface area contributed by atoms with Gasteiger partial charge in [0.1, 0.15) is 0 Å². The molecule has 1 aliphatic rings. The Morgan fingerprint density at radius 3 is 2.94 bits per heavy atom. The monoisotopic (exact) mass is 267 g/mol. The van der Waals surface area contributed by atoms with Gasteiger partial charge in [-0.25, -0.2) is 0 Å². The molecule has 0 saturated carbocycles. The molecule has 1 fully saturated rings. The highest BCUT2D eigenvalue weighted by atomic mass is 35.5. The topological polar surface area (TPSA) is 21.3 Å². The first-order valence-corrected chi connectivity index (χ1v) is 7.10. The van der Waals surface area contributed by atoms with Gasteiger partial charge in [-0.15, -0.1) is 0 Å². The zero-order valence-electron chi connectivity index (χ0n) is 11.2. The highest BCUT2D eigenvalue weighted by molar-refractivity contribution is 6.31. The molecule has 1 aromatic rings. The molecule has 1 aliphatic heterocycles. The molecule has 2 nitrogen and oxygen atoms in total. The van der Waals surface area contributed by atoms with E-state index in [-0.39, 0.29) is 0 Å². The largest absolute Gasteiger partial charge is 0.378 e. The number of likely N-dealkylation sites (N-methyl/N-ethyl adjacent to an activating group) is 1. The van der Waals surface area contributed by atoms with Crippen molar-refractivity contribution >= 4 is 11.6 Å². The molecule has 100 valence electrons. The van der Waals surface area contributed by atoms with Gasteiger partial charge in [0.05, 0.1) is 6.10 Å². The van der Waals surface area contributed by atoms with Crippen LogP contribution in [0.1, 0.15) is 30.4 Å². The van der Waals surface area contributed by atoms with Crippen molar-refractivity contribution in [3.05, 3.63) is 34.3 Å². The fourth-order valence-electron chi connectivity index (χ4n) is 2.53. The number of halogens is 1. The van der Waals surface area contributed by atoms with E-state index in [0.29, 0.717) is 12.1 Å². The molecule has 2 unspecified atom stereocenters. The standard InChI is InChI=1S/C15H22ClNO/c1-11-5-6-12(15(16)8-11)9-13(17-2)10-14-4-3-7-18-14/h5-6,8,13-14,17H,3-4,7,9-10H2,1-2H3. The third-order valence-electron chi connectivity index (χ3n) is 3.65. The van der Waals surface area contributed by atoms with Gasteiger partial charge in [0.2, 0.25) is 0 Å². The van der Waals surface area contributed by atoms with Crippen molar-refractivity contribution in [2.24, 2.45) is 0 Å². The number of nitrogens with one attached hydrogen (secondary N) is 1. The molecule has 18 heavy (non-hydrogen) atoms. The highest BCUT2D eigenvalue weighted by Crippen LogP contribution is 2.22. The zero-order chi connectivity index (χ0) is 13.0. The molecule has 3 heteroatoms. The molecule has 1 heterocycles. The number of hydrogen-bond acceptors (Lipinski definition) is 2. The quantitative estimate of drug-likeness (QED) is 0.883. The third kappa shape index (κ3) is 3.71. The molecule has 2 atom stereocenters. The Kier molecular flexibility index (Phi) is 5.04. The predicted molar refractivity (Wildman–Crippen MR) is 76.3 cm³/mol. The van der Waals surface area contributed by atoms with Crippen molar-refractivity contribution in [1.29, 1.82) is 0 Å². The summed E-state index contributed by atoms with van der Waals surface area (Å²) in [6.07, 6.45) is 4.86. The zero-order valence-corrected chi connectivity index (χ0v) is 12.0. The van der Waals surface area contributed by atoms with Gasteiger partial charge in [-0.2, -0.15) is 0 Å². The summed E-state index contributed by atoms with van der Waals surface area (Å²) in [6.45, 7) is 2.99. The van der Waals surface area contributed by atoms with E-state index in [1.165, 1.54) is 24.0 Å². The van der Waals surface area contributed by atoms with Crippen molar-refractivity contribution in [3.63, 3.8) is 0 Å². The van der Waals surface area contributed by atoms with Crippen LogP contribution in [0.3, 0.4) is 0 Å². The molecular weight excluding hydrogens is 246 g/mol. The summed E-state index contributed by atoms with van der Waals surface area (Å²) in [5.74, 6) is 0. The molecular formula is C15H22ClNO. The van der Waals surface area contributed by atoms with Crippen molar-refractivity contribution in [2.45, 2.75) is 44.8 Å². The summed E-state index contributed by atoms with van der Waals surface area (Å²) in [5, 5.41) is 4.26. The van der Waals surface area contributed by atoms with Crippen LogP contribution in [0.2, 0.25) is 5.02 Å². The maximum absolute atomic E-state index is 6.29. The summed E-state index contributed by atoms with van der Waals surface area (Å²) in [4.78, 5) is 0. The van der Waals surface area contributed by atoms with Crippen LogP contribution >= 0.6 is 11.6 Å². The van der Waals surface area contributed by atoms with E-state index < -0.39 is 0 Å². The minimum absolute atomic E-state index is 0.423. The van der Waals surface area contributed by atoms with Crippen molar-refractivity contribution < 1.29 is 4.74 Å². The Bertz CT molecular complexity index is 388. The number of ether oxygens (including phenoxy) is 1. The first-order chi connectivity index (χ1) is 8.69. The van der Waals surface area contributed by atoms with E-state index in [4.69, 9.17) is 16.3 Å². The Morgan fingerprint density at radius 2 is 2.33 bits per heavy atom. The number of rotatable bonds is 5. The number of hydrogen-bond donors (Lipinski definition) is 1. The minimum Gasteiger partial charge on any atom is -0.378 e. The maximum atomic E-state index is 6.29. The predicted octanol–water partition coefficient (Wildman–Crippen LogP) is 3.35. The van der Waals surface area contributed by atoms with E-state index >= 15 is 0 Å². The molecule has 2 rings (SSSR count). The fraction of sp³-hybridized carbons (Fsp3) is 0.600. The first-order valence-electron chi connectivity index (χ1n) is 6.73. The van der Waals surface area contributed by atoms with Gasteiger partial charge in [0.15, 0.2) is 0 Å². The van der Waals surface area contributed by atoms with Gasteiger partial charge in [-0.3, -0.25) is 0 Å². The van der Waals surface area contributed by atoms with Gasteiger partial charge < -0.3 is 10.1 Å². The lowest BCUT2D eigenvalue weighted by atomic mass is 9.99. The SMILES string of the molecule is CNC(Cc1ccc(C)cc1Cl)CC1CCCO1. The van der Waals surface area contributed by atoms with Crippen LogP contribution in [0, 0.1) is 6.92 Å². The van der Waals surface area contributed by atoms with Crippen LogP contribution in [0.25, 0.3) is 0 Å². The summed E-state index contributed by atoms with van der Waals surface area (Å²) < 4.78 is 5.70. The van der Waals surface area contributed by atoms with Crippen LogP contribution in [-0.2, 0) is 11.2 Å². The normalized spacial score (nSPS) is 21.2. The second-order valence-electron chi connectivity index (χ2n) is 5.16. The van der Waals surface area contributed by atoms with E-state index in [0.717, 1.165) is 24.5 Å². The maximum Gasteiger partial charge on any atom is 0.0590 e. The van der Waals surface area contributed by atoms with Crippen molar-refractivity contribution in [2.75, 3.05) is 13.7 Å². The molecule has 1 aromatic carbocycles. The average Bonchev–Trinajstić information content (AvgIpc) is 2.84. The highest BCUT2D eigenvalue weighted by Gasteiger charge is 2.20. The van der Waals surface area contributed by atoms with E-state index in [1.54, 1.807) is 0 Å². The fourth-order valence-corrected chi connectivity index (χ4v) is 2.85. The molecule has 0 amide bonds. The lowest BCUT2D eigenvalue weighted by Crippen LogP contribution is -2.31. The number of benzene rings is 1. The van der Waals surface area contributed by atoms with Crippen molar-refractivity contribution in [1.82, 2.24) is 5.32 Å². The van der Waals surface area contributed by atoms with E-state index in [2.05, 4.69) is 24.4 Å². The van der Waals surface area contributed by atoms with Gasteiger partial charge in [0, 0.05) is 17.7 Å². The van der Waals surface area contributed by atoms with Gasteiger partial charge in [-0.05, 0) is 56.8 Å². The summed E-state index contributed by atoms with van der Waals surface area (Å²) in [6, 6.07) is 6.74.